The lowest BCUT2D eigenvalue weighted by molar-refractivity contribution is -0.127. The van der Waals surface area contributed by atoms with Gasteiger partial charge in [0.2, 0.25) is 17.7 Å². The SMILES string of the molecule is Cc1cccc(NC(=O)CNC(=O)[C@H]2CC(=O)N(c3cccc4ccccc34)C2)c1C. The maximum atomic E-state index is 12.6. The summed E-state index contributed by atoms with van der Waals surface area (Å²) in [5.41, 5.74) is 3.62. The van der Waals surface area contributed by atoms with Crippen molar-refractivity contribution in [3.8, 4) is 0 Å². The molecule has 0 saturated carbocycles. The van der Waals surface area contributed by atoms with Crippen LogP contribution in [0, 0.1) is 19.8 Å². The topological polar surface area (TPSA) is 78.5 Å². The van der Waals surface area contributed by atoms with Gasteiger partial charge in [0.25, 0.3) is 0 Å². The second kappa shape index (κ2) is 8.60. The van der Waals surface area contributed by atoms with Gasteiger partial charge in [0, 0.05) is 24.0 Å². The Kier molecular flexibility index (Phi) is 5.71. The molecule has 31 heavy (non-hydrogen) atoms. The Morgan fingerprint density at radius 1 is 1.00 bits per heavy atom. The van der Waals surface area contributed by atoms with Gasteiger partial charge in [0.15, 0.2) is 0 Å². The van der Waals surface area contributed by atoms with Crippen LogP contribution in [0.2, 0.25) is 0 Å². The van der Waals surface area contributed by atoms with E-state index < -0.39 is 5.92 Å². The zero-order valence-electron chi connectivity index (χ0n) is 17.6. The summed E-state index contributed by atoms with van der Waals surface area (Å²) >= 11 is 0. The molecule has 6 heteroatoms. The highest BCUT2D eigenvalue weighted by Gasteiger charge is 2.35. The lowest BCUT2D eigenvalue weighted by Gasteiger charge is -2.19. The lowest BCUT2D eigenvalue weighted by Crippen LogP contribution is -2.38. The third kappa shape index (κ3) is 4.28. The molecule has 0 aliphatic carbocycles. The molecule has 1 aliphatic heterocycles. The molecule has 1 fully saturated rings. The summed E-state index contributed by atoms with van der Waals surface area (Å²) in [6, 6.07) is 19.4. The molecule has 158 valence electrons. The first-order valence-corrected chi connectivity index (χ1v) is 10.4. The van der Waals surface area contributed by atoms with Crippen LogP contribution in [0.1, 0.15) is 17.5 Å². The molecule has 1 aliphatic rings. The Balaban J connectivity index is 1.38. The largest absolute Gasteiger partial charge is 0.347 e. The quantitative estimate of drug-likeness (QED) is 0.669. The molecule has 3 amide bonds. The third-order valence-electron chi connectivity index (χ3n) is 5.86. The molecule has 6 nitrogen and oxygen atoms in total. The number of carbonyl (C=O) groups excluding carboxylic acids is 3. The van der Waals surface area contributed by atoms with Crippen molar-refractivity contribution in [2.75, 3.05) is 23.3 Å². The van der Waals surface area contributed by atoms with Crippen molar-refractivity contribution in [2.24, 2.45) is 5.92 Å². The van der Waals surface area contributed by atoms with Crippen molar-refractivity contribution in [3.63, 3.8) is 0 Å². The van der Waals surface area contributed by atoms with Crippen LogP contribution in [-0.4, -0.2) is 30.8 Å². The Hall–Kier alpha value is -3.67. The molecule has 0 aromatic heterocycles. The average Bonchev–Trinajstić information content (AvgIpc) is 3.16. The van der Waals surface area contributed by atoms with Gasteiger partial charge >= 0.3 is 0 Å². The number of nitrogens with zero attached hydrogens (tertiary/aromatic N) is 1. The van der Waals surface area contributed by atoms with Gasteiger partial charge in [-0.15, -0.1) is 0 Å². The van der Waals surface area contributed by atoms with E-state index in [4.69, 9.17) is 0 Å². The van der Waals surface area contributed by atoms with E-state index in [0.717, 1.165) is 33.3 Å². The summed E-state index contributed by atoms with van der Waals surface area (Å²) in [5.74, 6) is -1.15. The minimum atomic E-state index is -0.486. The summed E-state index contributed by atoms with van der Waals surface area (Å²) in [7, 11) is 0. The van der Waals surface area contributed by atoms with Gasteiger partial charge in [-0.2, -0.15) is 0 Å². The van der Waals surface area contributed by atoms with Crippen LogP contribution in [0.4, 0.5) is 11.4 Å². The Morgan fingerprint density at radius 2 is 1.74 bits per heavy atom. The normalized spacial score (nSPS) is 15.9. The summed E-state index contributed by atoms with van der Waals surface area (Å²) in [6.07, 6.45) is 0.133. The maximum Gasteiger partial charge on any atom is 0.243 e. The van der Waals surface area contributed by atoms with E-state index in [1.165, 1.54) is 0 Å². The van der Waals surface area contributed by atoms with Crippen LogP contribution in [0.3, 0.4) is 0 Å². The zero-order chi connectivity index (χ0) is 22.0. The van der Waals surface area contributed by atoms with E-state index in [2.05, 4.69) is 10.6 Å². The van der Waals surface area contributed by atoms with E-state index in [9.17, 15) is 14.4 Å². The first kappa shape index (κ1) is 20.6. The molecule has 0 bridgehead atoms. The number of hydrogen-bond donors (Lipinski definition) is 2. The van der Waals surface area contributed by atoms with Gasteiger partial charge in [0.1, 0.15) is 0 Å². The van der Waals surface area contributed by atoms with Crippen LogP contribution in [0.15, 0.2) is 60.7 Å². The third-order valence-corrected chi connectivity index (χ3v) is 5.86. The molecule has 1 heterocycles. The van der Waals surface area contributed by atoms with Gasteiger partial charge in [-0.25, -0.2) is 0 Å². The van der Waals surface area contributed by atoms with E-state index in [-0.39, 0.29) is 30.7 Å². The van der Waals surface area contributed by atoms with Crippen LogP contribution in [0.5, 0.6) is 0 Å². The number of benzene rings is 3. The highest BCUT2D eigenvalue weighted by Crippen LogP contribution is 2.31. The Morgan fingerprint density at radius 3 is 2.58 bits per heavy atom. The smallest absolute Gasteiger partial charge is 0.243 e. The second-order valence-corrected chi connectivity index (χ2v) is 7.92. The lowest BCUT2D eigenvalue weighted by atomic mass is 10.1. The first-order chi connectivity index (χ1) is 14.9. The first-order valence-electron chi connectivity index (χ1n) is 10.4. The molecule has 1 atom stereocenters. The zero-order valence-corrected chi connectivity index (χ0v) is 17.6. The van der Waals surface area contributed by atoms with Crippen LogP contribution in [-0.2, 0) is 14.4 Å². The predicted molar refractivity (Wildman–Crippen MR) is 122 cm³/mol. The number of nitrogens with one attached hydrogen (secondary N) is 2. The second-order valence-electron chi connectivity index (χ2n) is 7.92. The number of hydrogen-bond acceptors (Lipinski definition) is 3. The number of rotatable bonds is 5. The molecule has 4 rings (SSSR count). The molecule has 0 spiro atoms. The fourth-order valence-electron chi connectivity index (χ4n) is 3.95. The number of anilines is 2. The molecule has 3 aromatic carbocycles. The van der Waals surface area contributed by atoms with Crippen molar-refractivity contribution in [1.82, 2.24) is 5.32 Å². The van der Waals surface area contributed by atoms with Gasteiger partial charge in [0.05, 0.1) is 18.2 Å². The Labute approximate surface area is 181 Å². The summed E-state index contributed by atoms with van der Waals surface area (Å²) in [5, 5.41) is 7.53. The number of aryl methyl sites for hydroxylation is 1. The fourth-order valence-corrected chi connectivity index (χ4v) is 3.95. The number of carbonyl (C=O) groups is 3. The van der Waals surface area contributed by atoms with Gasteiger partial charge in [-0.05, 0) is 42.5 Å². The minimum absolute atomic E-state index is 0.0867. The van der Waals surface area contributed by atoms with Gasteiger partial charge < -0.3 is 15.5 Å². The minimum Gasteiger partial charge on any atom is -0.347 e. The van der Waals surface area contributed by atoms with Crippen LogP contribution >= 0.6 is 0 Å². The maximum absolute atomic E-state index is 12.6. The van der Waals surface area contributed by atoms with Crippen molar-refractivity contribution >= 4 is 39.9 Å². The predicted octanol–water partition coefficient (Wildman–Crippen LogP) is 3.56. The molecule has 0 unspecified atom stereocenters. The van der Waals surface area contributed by atoms with Crippen molar-refractivity contribution in [2.45, 2.75) is 20.3 Å². The van der Waals surface area contributed by atoms with Crippen LogP contribution < -0.4 is 15.5 Å². The molecular formula is C25H25N3O3. The van der Waals surface area contributed by atoms with E-state index in [0.29, 0.717) is 6.54 Å². The van der Waals surface area contributed by atoms with E-state index >= 15 is 0 Å². The average molecular weight is 415 g/mol. The number of fused-ring (bicyclic) bond motifs is 1. The fraction of sp³-hybridized carbons (Fsp3) is 0.240. The van der Waals surface area contributed by atoms with Crippen molar-refractivity contribution in [3.05, 3.63) is 71.8 Å². The highest BCUT2D eigenvalue weighted by atomic mass is 16.2. The van der Waals surface area contributed by atoms with Crippen LogP contribution in [0.25, 0.3) is 10.8 Å². The molecule has 2 N–H and O–H groups in total. The van der Waals surface area contributed by atoms with Crippen molar-refractivity contribution < 1.29 is 14.4 Å². The van der Waals surface area contributed by atoms with Crippen molar-refractivity contribution in [1.29, 1.82) is 0 Å². The van der Waals surface area contributed by atoms with E-state index in [1.807, 2.05) is 74.5 Å². The molecule has 1 saturated heterocycles. The summed E-state index contributed by atoms with van der Waals surface area (Å²) in [6.45, 7) is 4.09. The molecular weight excluding hydrogens is 390 g/mol. The van der Waals surface area contributed by atoms with E-state index in [1.54, 1.807) is 4.90 Å². The summed E-state index contributed by atoms with van der Waals surface area (Å²) < 4.78 is 0. The summed E-state index contributed by atoms with van der Waals surface area (Å²) in [4.78, 5) is 39.2. The van der Waals surface area contributed by atoms with Gasteiger partial charge in [-0.1, -0.05) is 48.5 Å². The highest BCUT2D eigenvalue weighted by molar-refractivity contribution is 6.07. The monoisotopic (exact) mass is 415 g/mol. The van der Waals surface area contributed by atoms with Gasteiger partial charge in [-0.3, -0.25) is 14.4 Å². The Bertz CT molecular complexity index is 1170. The molecule has 0 radical (unpaired) electrons. The standard InChI is InChI=1S/C25H25N3O3/c1-16-7-5-11-21(17(16)2)27-23(29)14-26-25(31)19-13-24(30)28(15-19)22-12-6-9-18-8-3-4-10-20(18)22/h3-12,19H,13-15H2,1-2H3,(H,26,31)(H,27,29)/t19-/m0/s1. The number of amides is 3. The molecule has 3 aromatic rings.